The Morgan fingerprint density at radius 2 is 2.43 bits per heavy atom. The van der Waals surface area contributed by atoms with Gasteiger partial charge < -0.3 is 9.72 Å². The molecule has 6 nitrogen and oxygen atoms in total. The van der Waals surface area contributed by atoms with Gasteiger partial charge in [0.05, 0.1) is 7.11 Å². The van der Waals surface area contributed by atoms with Crippen molar-refractivity contribution in [3.05, 3.63) is 34.5 Å². The molecule has 0 bridgehead atoms. The van der Waals surface area contributed by atoms with E-state index in [0.717, 1.165) is 0 Å². The number of hydrogen-bond acceptors (Lipinski definition) is 4. The van der Waals surface area contributed by atoms with Crippen LogP contribution in [0.5, 0.6) is 0 Å². The Morgan fingerprint density at radius 1 is 1.64 bits per heavy atom. The molecule has 2 heterocycles. The van der Waals surface area contributed by atoms with Gasteiger partial charge in [0.25, 0.3) is 5.56 Å². The van der Waals surface area contributed by atoms with Crippen LogP contribution in [-0.4, -0.2) is 27.7 Å². The SMILES string of the molecule is COC(=O)c1cc2c(=O)[nH]ccn2n1. The molecule has 0 aliphatic carbocycles. The average molecular weight is 193 g/mol. The normalized spacial score (nSPS) is 10.4. The Balaban J connectivity index is 2.68. The third-order valence-corrected chi connectivity index (χ3v) is 1.79. The zero-order valence-electron chi connectivity index (χ0n) is 7.35. The number of carbonyl (C=O) groups is 1. The standard InChI is InChI=1S/C8H7N3O3/c1-14-8(13)5-4-6-7(12)9-2-3-11(6)10-5/h2-4H,1H3,(H,9,12). The molecule has 0 spiro atoms. The van der Waals surface area contributed by atoms with Gasteiger partial charge in [-0.05, 0) is 0 Å². The smallest absolute Gasteiger partial charge is 0.358 e. The van der Waals surface area contributed by atoms with Crippen molar-refractivity contribution >= 4 is 11.5 Å². The number of H-pyrrole nitrogens is 1. The van der Waals surface area contributed by atoms with E-state index in [-0.39, 0.29) is 11.3 Å². The Bertz CT molecular complexity index is 540. The molecule has 0 aliphatic rings. The monoisotopic (exact) mass is 193 g/mol. The van der Waals surface area contributed by atoms with E-state index in [1.165, 1.54) is 23.9 Å². The summed E-state index contributed by atoms with van der Waals surface area (Å²) in [4.78, 5) is 24.8. The van der Waals surface area contributed by atoms with Crippen molar-refractivity contribution < 1.29 is 9.53 Å². The summed E-state index contributed by atoms with van der Waals surface area (Å²) in [6.07, 6.45) is 2.99. The molecule has 0 radical (unpaired) electrons. The first-order valence-corrected chi connectivity index (χ1v) is 3.88. The van der Waals surface area contributed by atoms with E-state index in [9.17, 15) is 9.59 Å². The summed E-state index contributed by atoms with van der Waals surface area (Å²) in [6, 6.07) is 1.38. The first-order valence-electron chi connectivity index (χ1n) is 3.88. The summed E-state index contributed by atoms with van der Waals surface area (Å²) in [7, 11) is 1.26. The lowest BCUT2D eigenvalue weighted by Gasteiger charge is -1.90. The summed E-state index contributed by atoms with van der Waals surface area (Å²) < 4.78 is 5.80. The van der Waals surface area contributed by atoms with Crippen LogP contribution in [-0.2, 0) is 4.74 Å². The maximum absolute atomic E-state index is 11.2. The molecule has 2 rings (SSSR count). The van der Waals surface area contributed by atoms with E-state index in [1.807, 2.05) is 0 Å². The second kappa shape index (κ2) is 2.99. The molecule has 14 heavy (non-hydrogen) atoms. The molecular formula is C8H7N3O3. The van der Waals surface area contributed by atoms with Crippen molar-refractivity contribution in [2.75, 3.05) is 7.11 Å². The van der Waals surface area contributed by atoms with Crippen LogP contribution in [0.25, 0.3) is 5.52 Å². The molecule has 0 fully saturated rings. The lowest BCUT2D eigenvalue weighted by atomic mass is 10.4. The molecule has 6 heteroatoms. The van der Waals surface area contributed by atoms with Crippen molar-refractivity contribution in [1.82, 2.24) is 14.6 Å². The summed E-state index contributed by atoms with van der Waals surface area (Å²) in [5.41, 5.74) is 0.132. The Hall–Kier alpha value is -2.11. The van der Waals surface area contributed by atoms with Crippen molar-refractivity contribution in [2.24, 2.45) is 0 Å². The first-order chi connectivity index (χ1) is 6.72. The third-order valence-electron chi connectivity index (χ3n) is 1.79. The molecule has 0 aliphatic heterocycles. The van der Waals surface area contributed by atoms with Crippen LogP contribution in [0, 0.1) is 0 Å². The van der Waals surface area contributed by atoms with Crippen molar-refractivity contribution in [1.29, 1.82) is 0 Å². The predicted molar refractivity (Wildman–Crippen MR) is 47.2 cm³/mol. The highest BCUT2D eigenvalue weighted by atomic mass is 16.5. The number of hydrogen-bond donors (Lipinski definition) is 1. The summed E-state index contributed by atoms with van der Waals surface area (Å²) >= 11 is 0. The fraction of sp³-hybridized carbons (Fsp3) is 0.125. The fourth-order valence-corrected chi connectivity index (χ4v) is 1.14. The van der Waals surface area contributed by atoms with Crippen LogP contribution in [0.4, 0.5) is 0 Å². The largest absolute Gasteiger partial charge is 0.464 e. The number of esters is 1. The Morgan fingerprint density at radius 3 is 3.07 bits per heavy atom. The van der Waals surface area contributed by atoms with Crippen molar-refractivity contribution in [3.8, 4) is 0 Å². The highest BCUT2D eigenvalue weighted by molar-refractivity contribution is 5.88. The minimum atomic E-state index is -0.562. The number of rotatable bonds is 1. The van der Waals surface area contributed by atoms with E-state index >= 15 is 0 Å². The van der Waals surface area contributed by atoms with Gasteiger partial charge in [-0.25, -0.2) is 9.31 Å². The fourth-order valence-electron chi connectivity index (χ4n) is 1.14. The maximum atomic E-state index is 11.2. The highest BCUT2D eigenvalue weighted by Gasteiger charge is 2.11. The van der Waals surface area contributed by atoms with Gasteiger partial charge in [0.2, 0.25) is 0 Å². The molecule has 0 atom stereocenters. The Labute approximate surface area is 78.1 Å². The average Bonchev–Trinajstić information content (AvgIpc) is 2.62. The van der Waals surface area contributed by atoms with Crippen molar-refractivity contribution in [2.45, 2.75) is 0 Å². The molecule has 0 unspecified atom stereocenters. The molecule has 2 aromatic rings. The van der Waals surface area contributed by atoms with Gasteiger partial charge >= 0.3 is 5.97 Å². The molecule has 72 valence electrons. The molecule has 0 saturated carbocycles. The minimum absolute atomic E-state index is 0.115. The van der Waals surface area contributed by atoms with Crippen LogP contribution in [0.1, 0.15) is 10.5 Å². The zero-order valence-corrected chi connectivity index (χ0v) is 7.35. The van der Waals surface area contributed by atoms with Crippen LogP contribution >= 0.6 is 0 Å². The van der Waals surface area contributed by atoms with E-state index in [4.69, 9.17) is 0 Å². The zero-order chi connectivity index (χ0) is 10.1. The van der Waals surface area contributed by atoms with E-state index in [1.54, 1.807) is 6.20 Å². The minimum Gasteiger partial charge on any atom is -0.464 e. The summed E-state index contributed by atoms with van der Waals surface area (Å²) in [5.74, 6) is -0.562. The lowest BCUT2D eigenvalue weighted by Crippen LogP contribution is -2.07. The number of aromatic nitrogens is 3. The lowest BCUT2D eigenvalue weighted by molar-refractivity contribution is 0.0593. The van der Waals surface area contributed by atoms with Gasteiger partial charge in [-0.15, -0.1) is 0 Å². The number of aromatic amines is 1. The number of methoxy groups -OCH3 is 1. The Kier molecular flexibility index (Phi) is 1.81. The van der Waals surface area contributed by atoms with E-state index < -0.39 is 5.97 Å². The van der Waals surface area contributed by atoms with Gasteiger partial charge in [0, 0.05) is 18.5 Å². The molecule has 2 aromatic heterocycles. The van der Waals surface area contributed by atoms with E-state index in [2.05, 4.69) is 14.8 Å². The van der Waals surface area contributed by atoms with Crippen LogP contribution in [0.15, 0.2) is 23.3 Å². The summed E-state index contributed by atoms with van der Waals surface area (Å²) in [5, 5.41) is 3.87. The summed E-state index contributed by atoms with van der Waals surface area (Å²) in [6.45, 7) is 0. The predicted octanol–water partition coefficient (Wildman–Crippen LogP) is -0.191. The quantitative estimate of drug-likeness (QED) is 0.637. The molecule has 1 N–H and O–H groups in total. The molecule has 0 aromatic carbocycles. The number of nitrogens with one attached hydrogen (secondary N) is 1. The van der Waals surface area contributed by atoms with Gasteiger partial charge in [0.15, 0.2) is 5.69 Å². The highest BCUT2D eigenvalue weighted by Crippen LogP contribution is 2.01. The van der Waals surface area contributed by atoms with Crippen LogP contribution in [0.2, 0.25) is 0 Å². The second-order valence-corrected chi connectivity index (χ2v) is 2.64. The van der Waals surface area contributed by atoms with Gasteiger partial charge in [-0.3, -0.25) is 4.79 Å². The van der Waals surface area contributed by atoms with Crippen LogP contribution in [0.3, 0.4) is 0 Å². The number of ether oxygens (including phenoxy) is 1. The van der Waals surface area contributed by atoms with Gasteiger partial charge in [-0.1, -0.05) is 0 Å². The molecular weight excluding hydrogens is 186 g/mol. The maximum Gasteiger partial charge on any atom is 0.358 e. The molecule has 0 amide bonds. The number of fused-ring (bicyclic) bond motifs is 1. The number of carbonyl (C=O) groups excluding carboxylic acids is 1. The second-order valence-electron chi connectivity index (χ2n) is 2.64. The van der Waals surface area contributed by atoms with Gasteiger partial charge in [-0.2, -0.15) is 5.10 Å². The van der Waals surface area contributed by atoms with E-state index in [0.29, 0.717) is 5.52 Å². The molecule has 0 saturated heterocycles. The third kappa shape index (κ3) is 1.17. The first kappa shape index (κ1) is 8.49. The van der Waals surface area contributed by atoms with Crippen LogP contribution < -0.4 is 5.56 Å². The van der Waals surface area contributed by atoms with Crippen molar-refractivity contribution in [3.63, 3.8) is 0 Å². The number of nitrogens with zero attached hydrogens (tertiary/aromatic N) is 2. The topological polar surface area (TPSA) is 76.5 Å². The van der Waals surface area contributed by atoms with Gasteiger partial charge in [0.1, 0.15) is 5.52 Å².